The first kappa shape index (κ1) is 26.7. The molecule has 11 heteroatoms. The van der Waals surface area contributed by atoms with Crippen molar-refractivity contribution in [1.82, 2.24) is 5.32 Å². The van der Waals surface area contributed by atoms with Crippen molar-refractivity contribution >= 4 is 27.7 Å². The monoisotopic (exact) mass is 498 g/mol. The van der Waals surface area contributed by atoms with Gasteiger partial charge < -0.3 is 10.1 Å². The van der Waals surface area contributed by atoms with Crippen molar-refractivity contribution in [2.45, 2.75) is 26.1 Å². The molecule has 0 aliphatic rings. The van der Waals surface area contributed by atoms with E-state index in [1.807, 2.05) is 4.72 Å². The van der Waals surface area contributed by atoms with E-state index < -0.39 is 33.5 Å². The molecule has 34 heavy (non-hydrogen) atoms. The zero-order valence-electron chi connectivity index (χ0n) is 18.3. The van der Waals surface area contributed by atoms with Crippen LogP contribution in [0, 0.1) is 18.2 Å². The molecule has 0 saturated heterocycles. The van der Waals surface area contributed by atoms with Crippen molar-refractivity contribution in [3.05, 3.63) is 64.5 Å². The van der Waals surface area contributed by atoms with Gasteiger partial charge in [0.1, 0.15) is 11.6 Å². The average molecular weight is 498 g/mol. The van der Waals surface area contributed by atoms with Gasteiger partial charge in [-0.1, -0.05) is 18.9 Å². The average Bonchev–Trinajstić information content (AvgIpc) is 2.75. The van der Waals surface area contributed by atoms with Gasteiger partial charge in [0, 0.05) is 18.2 Å². The molecule has 6 nitrogen and oxygen atoms in total. The lowest BCUT2D eigenvalue weighted by Crippen LogP contribution is -2.20. The van der Waals surface area contributed by atoms with Gasteiger partial charge in [0.25, 0.3) is 0 Å². The normalized spacial score (nSPS) is 11.8. The molecule has 0 aliphatic heterocycles. The Hall–Kier alpha value is -3.52. The lowest BCUT2D eigenvalue weighted by molar-refractivity contribution is -0.137. The maximum atomic E-state index is 14.3. The van der Waals surface area contributed by atoms with Crippen LogP contribution in [-0.4, -0.2) is 27.2 Å². The lowest BCUT2D eigenvalue weighted by atomic mass is 10.1. The predicted octanol–water partition coefficient (Wildman–Crippen LogP) is 4.32. The van der Waals surface area contributed by atoms with E-state index in [0.717, 1.165) is 30.5 Å². The third-order valence-electron chi connectivity index (χ3n) is 4.28. The molecule has 0 bridgehead atoms. The Morgan fingerprint density at radius 3 is 2.53 bits per heavy atom. The minimum absolute atomic E-state index is 0.0181. The van der Waals surface area contributed by atoms with Crippen LogP contribution in [0.5, 0.6) is 5.75 Å². The Kier molecular flexibility index (Phi) is 8.70. The van der Waals surface area contributed by atoms with E-state index >= 15 is 0 Å². The number of anilines is 1. The van der Waals surface area contributed by atoms with E-state index in [4.69, 9.17) is 11.2 Å². The number of nitrogens with one attached hydrogen (secondary N) is 2. The molecule has 0 radical (unpaired) electrons. The number of alkyl halides is 3. The van der Waals surface area contributed by atoms with Crippen LogP contribution in [0.1, 0.15) is 35.6 Å². The highest BCUT2D eigenvalue weighted by molar-refractivity contribution is 7.92. The predicted molar refractivity (Wildman–Crippen MR) is 121 cm³/mol. The second-order valence-corrected chi connectivity index (χ2v) is 8.92. The number of halogens is 4. The molecule has 0 heterocycles. The standard InChI is InChI=1S/C23H22F4N2O4S/c1-4-10-33-20-13-18(23(25,26)27)8-6-17(20)7-9-21(30)28-14-15-11-16(5-2)22(19(24)12-15)29-34(3,31)32/h2,6-9,11-13,29H,4,10,14H2,1,3H3,(H,28,30). The number of amides is 1. The lowest BCUT2D eigenvalue weighted by Gasteiger charge is -2.13. The summed E-state index contributed by atoms with van der Waals surface area (Å²) in [6, 6.07) is 5.30. The minimum Gasteiger partial charge on any atom is -0.493 e. The fourth-order valence-corrected chi connectivity index (χ4v) is 3.35. The summed E-state index contributed by atoms with van der Waals surface area (Å²) in [5.74, 6) is 0.643. The van der Waals surface area contributed by atoms with Crippen LogP contribution in [-0.2, 0) is 27.5 Å². The molecule has 0 fully saturated rings. The summed E-state index contributed by atoms with van der Waals surface area (Å²) in [6.07, 6.45) is 4.61. The molecule has 0 saturated carbocycles. The van der Waals surface area contributed by atoms with Crippen molar-refractivity contribution in [3.8, 4) is 18.1 Å². The van der Waals surface area contributed by atoms with Gasteiger partial charge in [-0.05, 0) is 42.3 Å². The summed E-state index contributed by atoms with van der Waals surface area (Å²) in [5, 5.41) is 2.49. The molecule has 0 aliphatic carbocycles. The van der Waals surface area contributed by atoms with Crippen molar-refractivity contribution in [2.24, 2.45) is 0 Å². The summed E-state index contributed by atoms with van der Waals surface area (Å²) < 4.78 is 83.4. The highest BCUT2D eigenvalue weighted by Gasteiger charge is 2.31. The molecule has 0 aromatic heterocycles. The third-order valence-corrected chi connectivity index (χ3v) is 4.85. The van der Waals surface area contributed by atoms with Crippen molar-refractivity contribution in [2.75, 3.05) is 17.6 Å². The third kappa shape index (κ3) is 7.81. The molecule has 2 N–H and O–H groups in total. The van der Waals surface area contributed by atoms with Crippen LogP contribution >= 0.6 is 0 Å². The molecule has 0 atom stereocenters. The fourth-order valence-electron chi connectivity index (χ4n) is 2.77. The van der Waals surface area contributed by atoms with E-state index in [0.29, 0.717) is 6.42 Å². The number of benzene rings is 2. The maximum Gasteiger partial charge on any atom is 0.416 e. The van der Waals surface area contributed by atoms with Gasteiger partial charge in [-0.25, -0.2) is 12.8 Å². The number of hydrogen-bond acceptors (Lipinski definition) is 4. The summed E-state index contributed by atoms with van der Waals surface area (Å²) in [7, 11) is -3.76. The summed E-state index contributed by atoms with van der Waals surface area (Å²) in [4.78, 5) is 12.2. The zero-order chi connectivity index (χ0) is 25.5. The Morgan fingerprint density at radius 1 is 1.24 bits per heavy atom. The second-order valence-electron chi connectivity index (χ2n) is 7.17. The van der Waals surface area contributed by atoms with Crippen LogP contribution in [0.3, 0.4) is 0 Å². The summed E-state index contributed by atoms with van der Waals surface area (Å²) in [6.45, 7) is 1.86. The van der Waals surface area contributed by atoms with Gasteiger partial charge in [-0.3, -0.25) is 9.52 Å². The molecule has 182 valence electrons. The van der Waals surface area contributed by atoms with E-state index in [9.17, 15) is 30.8 Å². The number of rotatable bonds is 9. The van der Waals surface area contributed by atoms with Gasteiger partial charge in [0.15, 0.2) is 0 Å². The smallest absolute Gasteiger partial charge is 0.416 e. The van der Waals surface area contributed by atoms with Crippen LogP contribution < -0.4 is 14.8 Å². The van der Waals surface area contributed by atoms with E-state index in [2.05, 4.69) is 11.2 Å². The first-order valence-corrected chi connectivity index (χ1v) is 11.8. The van der Waals surface area contributed by atoms with Crippen molar-refractivity contribution in [1.29, 1.82) is 0 Å². The number of terminal acetylenes is 1. The van der Waals surface area contributed by atoms with E-state index in [1.165, 1.54) is 18.2 Å². The summed E-state index contributed by atoms with van der Waals surface area (Å²) >= 11 is 0. The van der Waals surface area contributed by atoms with Crippen LogP contribution in [0.15, 0.2) is 36.4 Å². The molecule has 1 amide bonds. The second kappa shape index (κ2) is 11.1. The first-order valence-electron chi connectivity index (χ1n) is 9.90. The quantitative estimate of drug-likeness (QED) is 0.307. The minimum atomic E-state index is -4.54. The van der Waals surface area contributed by atoms with Gasteiger partial charge in [0.05, 0.1) is 29.7 Å². The fraction of sp³-hybridized carbons (Fsp3) is 0.261. The van der Waals surface area contributed by atoms with Gasteiger partial charge in [0.2, 0.25) is 15.9 Å². The Labute approximate surface area is 195 Å². The molecule has 2 aromatic rings. The molecular weight excluding hydrogens is 476 g/mol. The molecule has 0 unspecified atom stereocenters. The van der Waals surface area contributed by atoms with E-state index in [1.54, 1.807) is 6.92 Å². The van der Waals surface area contributed by atoms with Gasteiger partial charge in [-0.2, -0.15) is 13.2 Å². The van der Waals surface area contributed by atoms with Crippen LogP contribution in [0.25, 0.3) is 6.08 Å². The number of hydrogen-bond donors (Lipinski definition) is 2. The SMILES string of the molecule is C#Cc1cc(CNC(=O)C=Cc2ccc(C(F)(F)F)cc2OCCC)cc(F)c1NS(C)(=O)=O. The molecule has 2 aromatic carbocycles. The number of sulfonamides is 1. The zero-order valence-corrected chi connectivity index (χ0v) is 19.1. The van der Waals surface area contributed by atoms with Crippen molar-refractivity contribution in [3.63, 3.8) is 0 Å². The molecule has 0 spiro atoms. The van der Waals surface area contributed by atoms with Gasteiger partial charge >= 0.3 is 6.18 Å². The van der Waals surface area contributed by atoms with Gasteiger partial charge in [-0.15, -0.1) is 6.42 Å². The van der Waals surface area contributed by atoms with Crippen LogP contribution in [0.4, 0.5) is 23.2 Å². The summed E-state index contributed by atoms with van der Waals surface area (Å²) in [5.41, 5.74) is -0.754. The topological polar surface area (TPSA) is 84.5 Å². The Balaban J connectivity index is 2.15. The molecule has 2 rings (SSSR count). The maximum absolute atomic E-state index is 14.3. The Bertz CT molecular complexity index is 1230. The molecular formula is C23H22F4N2O4S. The van der Waals surface area contributed by atoms with Crippen molar-refractivity contribution < 1.29 is 35.5 Å². The van der Waals surface area contributed by atoms with E-state index in [-0.39, 0.29) is 41.3 Å². The largest absolute Gasteiger partial charge is 0.493 e. The highest BCUT2D eigenvalue weighted by atomic mass is 32.2. The first-order chi connectivity index (χ1) is 15.8. The Morgan fingerprint density at radius 2 is 1.94 bits per heavy atom. The number of carbonyl (C=O) groups is 1. The van der Waals surface area contributed by atoms with Crippen LogP contribution in [0.2, 0.25) is 0 Å². The highest BCUT2D eigenvalue weighted by Crippen LogP contribution is 2.33. The number of ether oxygens (including phenoxy) is 1. The number of carbonyl (C=O) groups excluding carboxylic acids is 1.